The first-order valence-corrected chi connectivity index (χ1v) is 5.28. The maximum atomic E-state index is 4.27. The van der Waals surface area contributed by atoms with Crippen molar-refractivity contribution < 1.29 is 0 Å². The predicted octanol–water partition coefficient (Wildman–Crippen LogP) is 2.53. The summed E-state index contributed by atoms with van der Waals surface area (Å²) in [7, 11) is 2.19. The highest BCUT2D eigenvalue weighted by Gasteiger charge is 2.14. The summed E-state index contributed by atoms with van der Waals surface area (Å²) in [5.41, 5.74) is 0.408. The highest BCUT2D eigenvalue weighted by Crippen LogP contribution is 2.14. The second kappa shape index (κ2) is 5.13. The second-order valence-electron chi connectivity index (χ2n) is 5.05. The van der Waals surface area contributed by atoms with E-state index in [-0.39, 0.29) is 0 Å². The van der Waals surface area contributed by atoms with Crippen LogP contribution in [0, 0.1) is 11.3 Å². The number of hydrogen-bond acceptors (Lipinski definition) is 2. The fraction of sp³-hybridized carbons (Fsp3) is 1.00. The lowest BCUT2D eigenvalue weighted by Crippen LogP contribution is -2.33. The first kappa shape index (κ1) is 12.3. The molecule has 0 N–H and O–H groups in total. The van der Waals surface area contributed by atoms with Crippen LogP contribution in [0.1, 0.15) is 27.7 Å². The molecule has 0 aromatic carbocycles. The molecule has 0 fully saturated rings. The molecule has 0 radical (unpaired) electrons. The van der Waals surface area contributed by atoms with Crippen molar-refractivity contribution >= 4 is 12.6 Å². The van der Waals surface area contributed by atoms with Crippen LogP contribution in [-0.4, -0.2) is 30.8 Å². The van der Waals surface area contributed by atoms with Crippen molar-refractivity contribution in [2.45, 2.75) is 27.7 Å². The summed E-state index contributed by atoms with van der Waals surface area (Å²) < 4.78 is 0. The third kappa shape index (κ3) is 6.99. The zero-order valence-electron chi connectivity index (χ0n) is 9.09. The minimum Gasteiger partial charge on any atom is -0.306 e. The molecule has 1 unspecified atom stereocenters. The molecule has 12 heavy (non-hydrogen) atoms. The number of rotatable bonds is 4. The van der Waals surface area contributed by atoms with Gasteiger partial charge in [-0.2, -0.15) is 12.6 Å². The van der Waals surface area contributed by atoms with E-state index in [1.54, 1.807) is 0 Å². The van der Waals surface area contributed by atoms with E-state index in [4.69, 9.17) is 0 Å². The van der Waals surface area contributed by atoms with Crippen molar-refractivity contribution in [2.24, 2.45) is 11.3 Å². The minimum atomic E-state index is 0.408. The van der Waals surface area contributed by atoms with Crippen LogP contribution in [0.2, 0.25) is 0 Å². The molecule has 74 valence electrons. The summed E-state index contributed by atoms with van der Waals surface area (Å²) in [6, 6.07) is 0. The molecule has 0 heterocycles. The van der Waals surface area contributed by atoms with Crippen molar-refractivity contribution in [3.05, 3.63) is 0 Å². The fourth-order valence-corrected chi connectivity index (χ4v) is 1.58. The van der Waals surface area contributed by atoms with Crippen LogP contribution in [0.4, 0.5) is 0 Å². The summed E-state index contributed by atoms with van der Waals surface area (Å²) in [5.74, 6) is 1.68. The van der Waals surface area contributed by atoms with Gasteiger partial charge in [-0.3, -0.25) is 0 Å². The maximum Gasteiger partial charge on any atom is 0.00271 e. The Morgan fingerprint density at radius 1 is 1.33 bits per heavy atom. The first-order chi connectivity index (χ1) is 5.35. The van der Waals surface area contributed by atoms with E-state index in [0.29, 0.717) is 11.3 Å². The van der Waals surface area contributed by atoms with E-state index in [2.05, 4.69) is 52.3 Å². The molecular weight excluding hydrogens is 166 g/mol. The lowest BCUT2D eigenvalue weighted by molar-refractivity contribution is 0.210. The highest BCUT2D eigenvalue weighted by molar-refractivity contribution is 7.80. The second-order valence-corrected chi connectivity index (χ2v) is 5.41. The Kier molecular flexibility index (Phi) is 5.26. The molecule has 0 saturated carbocycles. The molecule has 0 amide bonds. The van der Waals surface area contributed by atoms with E-state index in [0.717, 1.165) is 18.8 Å². The molecule has 0 aromatic heterocycles. The van der Waals surface area contributed by atoms with Gasteiger partial charge in [-0.05, 0) is 24.1 Å². The standard InChI is InChI=1S/C10H23NS/c1-9(7-12)6-11(5)8-10(2,3)4/h9,12H,6-8H2,1-5H3. The largest absolute Gasteiger partial charge is 0.306 e. The molecule has 0 spiro atoms. The lowest BCUT2D eigenvalue weighted by Gasteiger charge is -2.28. The van der Waals surface area contributed by atoms with Crippen molar-refractivity contribution in [2.75, 3.05) is 25.9 Å². The summed E-state index contributed by atoms with van der Waals surface area (Å²) in [6.07, 6.45) is 0. The van der Waals surface area contributed by atoms with Crippen LogP contribution in [0.15, 0.2) is 0 Å². The van der Waals surface area contributed by atoms with E-state index in [9.17, 15) is 0 Å². The Morgan fingerprint density at radius 2 is 1.83 bits per heavy atom. The van der Waals surface area contributed by atoms with E-state index in [1.807, 2.05) is 0 Å². The van der Waals surface area contributed by atoms with Crippen molar-refractivity contribution in [3.63, 3.8) is 0 Å². The van der Waals surface area contributed by atoms with Crippen LogP contribution in [0.25, 0.3) is 0 Å². The zero-order valence-corrected chi connectivity index (χ0v) is 9.99. The number of hydrogen-bond donors (Lipinski definition) is 1. The van der Waals surface area contributed by atoms with Gasteiger partial charge in [0.25, 0.3) is 0 Å². The molecule has 0 aliphatic rings. The van der Waals surface area contributed by atoms with Gasteiger partial charge in [0.05, 0.1) is 0 Å². The Hall–Kier alpha value is 0.310. The molecule has 0 aliphatic heterocycles. The fourth-order valence-electron chi connectivity index (χ4n) is 1.46. The van der Waals surface area contributed by atoms with Gasteiger partial charge >= 0.3 is 0 Å². The van der Waals surface area contributed by atoms with Gasteiger partial charge in [-0.15, -0.1) is 0 Å². The molecule has 0 saturated heterocycles. The summed E-state index contributed by atoms with van der Waals surface area (Å²) >= 11 is 4.27. The van der Waals surface area contributed by atoms with Crippen LogP contribution >= 0.6 is 12.6 Å². The van der Waals surface area contributed by atoms with E-state index in [1.165, 1.54) is 0 Å². The van der Waals surface area contributed by atoms with Gasteiger partial charge in [-0.1, -0.05) is 27.7 Å². The zero-order chi connectivity index (χ0) is 9.78. The normalized spacial score (nSPS) is 15.2. The van der Waals surface area contributed by atoms with Crippen molar-refractivity contribution in [1.29, 1.82) is 0 Å². The summed E-state index contributed by atoms with van der Waals surface area (Å²) in [5, 5.41) is 0. The van der Waals surface area contributed by atoms with Gasteiger partial charge in [0.2, 0.25) is 0 Å². The monoisotopic (exact) mass is 189 g/mol. The van der Waals surface area contributed by atoms with E-state index >= 15 is 0 Å². The molecule has 0 bridgehead atoms. The average Bonchev–Trinajstić information content (AvgIpc) is 1.82. The molecule has 2 heteroatoms. The van der Waals surface area contributed by atoms with Gasteiger partial charge in [-0.25, -0.2) is 0 Å². The van der Waals surface area contributed by atoms with Crippen LogP contribution in [-0.2, 0) is 0 Å². The Morgan fingerprint density at radius 3 is 2.17 bits per heavy atom. The van der Waals surface area contributed by atoms with Gasteiger partial charge < -0.3 is 4.90 Å². The molecule has 0 aromatic rings. The first-order valence-electron chi connectivity index (χ1n) is 4.64. The smallest absolute Gasteiger partial charge is 0.00271 e. The third-order valence-corrected chi connectivity index (χ3v) is 2.30. The minimum absolute atomic E-state index is 0.408. The Labute approximate surface area is 82.9 Å². The molecule has 0 aliphatic carbocycles. The molecule has 1 atom stereocenters. The number of thiol groups is 1. The Bertz CT molecular complexity index is 117. The van der Waals surface area contributed by atoms with E-state index < -0.39 is 0 Å². The maximum absolute atomic E-state index is 4.27. The van der Waals surface area contributed by atoms with Gasteiger partial charge in [0.1, 0.15) is 0 Å². The summed E-state index contributed by atoms with van der Waals surface area (Å²) in [6.45, 7) is 11.4. The van der Waals surface area contributed by atoms with Crippen molar-refractivity contribution in [1.82, 2.24) is 4.90 Å². The van der Waals surface area contributed by atoms with Crippen LogP contribution < -0.4 is 0 Å². The predicted molar refractivity (Wildman–Crippen MR) is 60.0 cm³/mol. The molecule has 0 rings (SSSR count). The quantitative estimate of drug-likeness (QED) is 0.665. The van der Waals surface area contributed by atoms with Crippen LogP contribution in [0.3, 0.4) is 0 Å². The lowest BCUT2D eigenvalue weighted by atomic mass is 9.96. The highest BCUT2D eigenvalue weighted by atomic mass is 32.1. The van der Waals surface area contributed by atoms with Crippen LogP contribution in [0.5, 0.6) is 0 Å². The van der Waals surface area contributed by atoms with Crippen molar-refractivity contribution in [3.8, 4) is 0 Å². The van der Waals surface area contributed by atoms with Gasteiger partial charge in [0.15, 0.2) is 0 Å². The third-order valence-electron chi connectivity index (χ3n) is 1.68. The summed E-state index contributed by atoms with van der Waals surface area (Å²) in [4.78, 5) is 2.39. The van der Waals surface area contributed by atoms with Gasteiger partial charge in [0, 0.05) is 13.1 Å². The topological polar surface area (TPSA) is 3.24 Å². The molecule has 1 nitrogen and oxygen atoms in total. The SMILES string of the molecule is CC(CS)CN(C)CC(C)(C)C. The Balaban J connectivity index is 3.66. The average molecular weight is 189 g/mol. The molecular formula is C10H23NS. The number of nitrogens with zero attached hydrogens (tertiary/aromatic N) is 1.